The van der Waals surface area contributed by atoms with Gasteiger partial charge in [-0.15, -0.1) is 12.4 Å². The molecule has 1 heterocycles. The highest BCUT2D eigenvalue weighted by Gasteiger charge is 2.03. The van der Waals surface area contributed by atoms with Crippen molar-refractivity contribution < 1.29 is 9.90 Å². The van der Waals surface area contributed by atoms with Crippen molar-refractivity contribution >= 4 is 29.3 Å². The molecule has 0 atom stereocenters. The van der Waals surface area contributed by atoms with Crippen LogP contribution in [0.15, 0.2) is 24.4 Å². The number of aromatic nitrogens is 2. The molecule has 0 radical (unpaired) electrons. The molecule has 0 saturated carbocycles. The number of carboxylic acids is 1. The van der Waals surface area contributed by atoms with E-state index in [9.17, 15) is 4.79 Å². The van der Waals surface area contributed by atoms with Gasteiger partial charge in [0.05, 0.1) is 18.1 Å². The van der Waals surface area contributed by atoms with Crippen molar-refractivity contribution in [2.24, 2.45) is 7.05 Å². The molecule has 80 valence electrons. The minimum atomic E-state index is -0.813. The Kier molecular flexibility index (Phi) is 3.31. The van der Waals surface area contributed by atoms with Crippen molar-refractivity contribution in [2.45, 2.75) is 6.42 Å². The average Bonchev–Trinajstić information content (AvgIpc) is 2.47. The smallest absolute Gasteiger partial charge is 0.307 e. The highest BCUT2D eigenvalue weighted by molar-refractivity contribution is 5.85. The summed E-state index contributed by atoms with van der Waals surface area (Å²) in [6.07, 6.45) is 1.82. The fourth-order valence-electron chi connectivity index (χ4n) is 1.47. The lowest BCUT2D eigenvalue weighted by molar-refractivity contribution is -0.136. The van der Waals surface area contributed by atoms with Gasteiger partial charge in [-0.05, 0) is 11.6 Å². The lowest BCUT2D eigenvalue weighted by Crippen LogP contribution is -2.00. The van der Waals surface area contributed by atoms with E-state index in [1.807, 2.05) is 25.2 Å². The monoisotopic (exact) mass is 226 g/mol. The predicted molar refractivity (Wildman–Crippen MR) is 59.3 cm³/mol. The Morgan fingerprint density at radius 3 is 2.93 bits per heavy atom. The Labute approximate surface area is 92.9 Å². The summed E-state index contributed by atoms with van der Waals surface area (Å²) in [7, 11) is 1.84. The molecule has 0 saturated heterocycles. The second-order valence-electron chi connectivity index (χ2n) is 3.23. The fourth-order valence-corrected chi connectivity index (χ4v) is 1.47. The van der Waals surface area contributed by atoms with Crippen LogP contribution in [0.3, 0.4) is 0 Å². The Balaban J connectivity index is 0.00000112. The van der Waals surface area contributed by atoms with Crippen LogP contribution in [-0.2, 0) is 18.3 Å². The standard InChI is InChI=1S/C10H10N2O2.ClH/c1-12-9-4-7(5-10(13)14)2-3-8(9)6-11-12;/h2-4,6H,5H2,1H3,(H,13,14);1H. The summed E-state index contributed by atoms with van der Waals surface area (Å²) in [5.74, 6) is -0.813. The summed E-state index contributed by atoms with van der Waals surface area (Å²) < 4.78 is 1.74. The molecule has 0 aliphatic heterocycles. The molecule has 0 spiro atoms. The van der Waals surface area contributed by atoms with Crippen molar-refractivity contribution in [3.8, 4) is 0 Å². The number of hydrogen-bond acceptors (Lipinski definition) is 2. The molecule has 1 aromatic carbocycles. The van der Waals surface area contributed by atoms with Gasteiger partial charge in [0.15, 0.2) is 0 Å². The number of carbonyl (C=O) groups is 1. The minimum absolute atomic E-state index is 0. The molecule has 2 rings (SSSR count). The van der Waals surface area contributed by atoms with Gasteiger partial charge >= 0.3 is 5.97 Å². The Bertz CT molecular complexity index is 493. The summed E-state index contributed by atoms with van der Waals surface area (Å²) in [5, 5.41) is 13.8. The lowest BCUT2D eigenvalue weighted by atomic mass is 10.1. The first-order valence-corrected chi connectivity index (χ1v) is 4.29. The second-order valence-corrected chi connectivity index (χ2v) is 3.23. The molecule has 5 heteroatoms. The summed E-state index contributed by atoms with van der Waals surface area (Å²) in [6.45, 7) is 0. The molecule has 0 aliphatic rings. The van der Waals surface area contributed by atoms with Gasteiger partial charge in [0.2, 0.25) is 0 Å². The zero-order valence-electron chi connectivity index (χ0n) is 8.17. The number of fused-ring (bicyclic) bond motifs is 1. The number of hydrogen-bond donors (Lipinski definition) is 1. The van der Waals surface area contributed by atoms with Crippen molar-refractivity contribution in [2.75, 3.05) is 0 Å². The molecule has 0 fully saturated rings. The summed E-state index contributed by atoms with van der Waals surface area (Å²) >= 11 is 0. The van der Waals surface area contributed by atoms with Crippen LogP contribution < -0.4 is 0 Å². The molecule has 15 heavy (non-hydrogen) atoms. The van der Waals surface area contributed by atoms with Gasteiger partial charge in [-0.1, -0.05) is 12.1 Å². The van der Waals surface area contributed by atoms with E-state index < -0.39 is 5.97 Å². The lowest BCUT2D eigenvalue weighted by Gasteiger charge is -1.98. The SMILES string of the molecule is Cl.Cn1ncc2ccc(CC(=O)O)cc21. The van der Waals surface area contributed by atoms with Crippen LogP contribution in [-0.4, -0.2) is 20.9 Å². The molecular formula is C10H11ClN2O2. The van der Waals surface area contributed by atoms with Crippen LogP contribution in [0.4, 0.5) is 0 Å². The molecule has 0 unspecified atom stereocenters. The van der Waals surface area contributed by atoms with E-state index in [1.54, 1.807) is 10.9 Å². The normalized spacial score (nSPS) is 9.93. The van der Waals surface area contributed by atoms with Crippen molar-refractivity contribution in [3.63, 3.8) is 0 Å². The third-order valence-corrected chi connectivity index (χ3v) is 2.17. The van der Waals surface area contributed by atoms with Crippen LogP contribution in [0.25, 0.3) is 10.9 Å². The zero-order valence-corrected chi connectivity index (χ0v) is 8.99. The number of halogens is 1. The van der Waals surface area contributed by atoms with Gasteiger partial charge in [-0.2, -0.15) is 5.10 Å². The number of aryl methyl sites for hydroxylation is 1. The van der Waals surface area contributed by atoms with E-state index in [0.717, 1.165) is 16.5 Å². The van der Waals surface area contributed by atoms with Crippen LogP contribution in [0.1, 0.15) is 5.56 Å². The topological polar surface area (TPSA) is 55.1 Å². The molecule has 2 aromatic rings. The average molecular weight is 227 g/mol. The number of rotatable bonds is 2. The molecule has 0 amide bonds. The Morgan fingerprint density at radius 2 is 2.27 bits per heavy atom. The third kappa shape index (κ3) is 2.27. The highest BCUT2D eigenvalue weighted by atomic mass is 35.5. The van der Waals surface area contributed by atoms with Crippen LogP contribution in [0, 0.1) is 0 Å². The molecule has 0 bridgehead atoms. The van der Waals surface area contributed by atoms with E-state index in [1.165, 1.54) is 0 Å². The maximum Gasteiger partial charge on any atom is 0.307 e. The van der Waals surface area contributed by atoms with Gasteiger partial charge in [0.1, 0.15) is 0 Å². The van der Waals surface area contributed by atoms with Crippen molar-refractivity contribution in [1.82, 2.24) is 9.78 Å². The van der Waals surface area contributed by atoms with Gasteiger partial charge in [0.25, 0.3) is 0 Å². The van der Waals surface area contributed by atoms with E-state index in [2.05, 4.69) is 5.10 Å². The van der Waals surface area contributed by atoms with Crippen LogP contribution >= 0.6 is 12.4 Å². The number of nitrogens with zero attached hydrogens (tertiary/aromatic N) is 2. The number of aliphatic carboxylic acids is 1. The molecule has 0 aliphatic carbocycles. The number of benzene rings is 1. The summed E-state index contributed by atoms with van der Waals surface area (Å²) in [5.41, 5.74) is 1.76. The van der Waals surface area contributed by atoms with Gasteiger partial charge in [-0.25, -0.2) is 0 Å². The van der Waals surface area contributed by atoms with E-state index in [4.69, 9.17) is 5.11 Å². The summed E-state index contributed by atoms with van der Waals surface area (Å²) in [6, 6.07) is 5.56. The van der Waals surface area contributed by atoms with Crippen LogP contribution in [0.5, 0.6) is 0 Å². The van der Waals surface area contributed by atoms with E-state index in [0.29, 0.717) is 0 Å². The van der Waals surface area contributed by atoms with Crippen molar-refractivity contribution in [1.29, 1.82) is 0 Å². The first kappa shape index (κ1) is 11.5. The fraction of sp³-hybridized carbons (Fsp3) is 0.200. The minimum Gasteiger partial charge on any atom is -0.481 e. The van der Waals surface area contributed by atoms with Gasteiger partial charge < -0.3 is 5.11 Å². The second kappa shape index (κ2) is 4.31. The molecule has 1 N–H and O–H groups in total. The molecule has 1 aromatic heterocycles. The predicted octanol–water partition coefficient (Wildman–Crippen LogP) is 1.62. The molecular weight excluding hydrogens is 216 g/mol. The maximum atomic E-state index is 10.5. The third-order valence-electron chi connectivity index (χ3n) is 2.17. The number of carboxylic acid groups (broad SMARTS) is 1. The van der Waals surface area contributed by atoms with Gasteiger partial charge in [-0.3, -0.25) is 9.48 Å². The van der Waals surface area contributed by atoms with E-state index in [-0.39, 0.29) is 18.8 Å². The first-order valence-electron chi connectivity index (χ1n) is 4.29. The quantitative estimate of drug-likeness (QED) is 0.847. The first-order chi connectivity index (χ1) is 6.66. The Morgan fingerprint density at radius 1 is 1.53 bits per heavy atom. The van der Waals surface area contributed by atoms with Gasteiger partial charge in [0, 0.05) is 12.4 Å². The zero-order chi connectivity index (χ0) is 10.1. The highest BCUT2D eigenvalue weighted by Crippen LogP contribution is 2.15. The van der Waals surface area contributed by atoms with E-state index >= 15 is 0 Å². The Hall–Kier alpha value is -1.55. The largest absolute Gasteiger partial charge is 0.481 e. The van der Waals surface area contributed by atoms with Crippen LogP contribution in [0.2, 0.25) is 0 Å². The maximum absolute atomic E-state index is 10.5. The van der Waals surface area contributed by atoms with Crippen molar-refractivity contribution in [3.05, 3.63) is 30.0 Å². The molecule has 4 nitrogen and oxygen atoms in total. The summed E-state index contributed by atoms with van der Waals surface area (Å²) in [4.78, 5) is 10.5.